The summed E-state index contributed by atoms with van der Waals surface area (Å²) in [4.78, 5) is 12.9. The van der Waals surface area contributed by atoms with Crippen molar-refractivity contribution in [3.05, 3.63) is 35.4 Å². The van der Waals surface area contributed by atoms with E-state index in [0.29, 0.717) is 37.0 Å². The lowest BCUT2D eigenvalue weighted by atomic mass is 9.48. The number of aryl methyl sites for hydroxylation is 1. The lowest BCUT2D eigenvalue weighted by Crippen LogP contribution is -2.55. The molecule has 0 saturated heterocycles. The van der Waals surface area contributed by atoms with E-state index >= 15 is 0 Å². The van der Waals surface area contributed by atoms with Crippen LogP contribution >= 0.6 is 0 Å². The molecule has 1 unspecified atom stereocenters. The van der Waals surface area contributed by atoms with Crippen molar-refractivity contribution < 1.29 is 18.7 Å². The number of alkyl halides is 2. The third-order valence-corrected chi connectivity index (χ3v) is 6.87. The highest BCUT2D eigenvalue weighted by molar-refractivity contribution is 5.92. The van der Waals surface area contributed by atoms with E-state index in [0.717, 1.165) is 31.2 Å². The summed E-state index contributed by atoms with van der Waals surface area (Å²) in [6.45, 7) is 1.98. The standard InChI is InChI=1S/C21H26F2O2/c1-2-13-3-5-17(6-4-13)18(24)21(22,23)19(25)20-10-14-7-15(11-20)9-16(8-14)12-20/h3-6,14-16,18,24H,2,7-12H2,1H3. The van der Waals surface area contributed by atoms with Crippen LogP contribution in [0.4, 0.5) is 8.78 Å². The highest BCUT2D eigenvalue weighted by atomic mass is 19.3. The van der Waals surface area contributed by atoms with Crippen molar-refractivity contribution >= 4 is 5.78 Å². The van der Waals surface area contributed by atoms with Crippen molar-refractivity contribution in [2.75, 3.05) is 0 Å². The van der Waals surface area contributed by atoms with Gasteiger partial charge in [-0.1, -0.05) is 31.2 Å². The first kappa shape index (κ1) is 17.1. The van der Waals surface area contributed by atoms with Gasteiger partial charge in [-0.3, -0.25) is 4.79 Å². The molecule has 136 valence electrons. The normalized spacial score (nSPS) is 35.0. The van der Waals surface area contributed by atoms with Crippen LogP contribution in [0.1, 0.15) is 62.7 Å². The van der Waals surface area contributed by atoms with Gasteiger partial charge < -0.3 is 5.11 Å². The molecule has 1 N–H and O–H groups in total. The second-order valence-electron chi connectivity index (χ2n) is 8.65. The van der Waals surface area contributed by atoms with Gasteiger partial charge in [0.05, 0.1) is 0 Å². The summed E-state index contributed by atoms with van der Waals surface area (Å²) < 4.78 is 30.0. The van der Waals surface area contributed by atoms with Gasteiger partial charge in [0.15, 0.2) is 6.10 Å². The van der Waals surface area contributed by atoms with E-state index < -0.39 is 23.2 Å². The predicted octanol–water partition coefficient (Wildman–Crippen LogP) is 4.70. The number of carbonyl (C=O) groups excluding carboxylic acids is 1. The van der Waals surface area contributed by atoms with Crippen LogP contribution in [0.25, 0.3) is 0 Å². The van der Waals surface area contributed by atoms with Gasteiger partial charge >= 0.3 is 5.92 Å². The first-order valence-corrected chi connectivity index (χ1v) is 9.53. The quantitative estimate of drug-likeness (QED) is 0.837. The van der Waals surface area contributed by atoms with Gasteiger partial charge in [0, 0.05) is 5.41 Å². The molecule has 4 aliphatic rings. The molecule has 0 spiro atoms. The van der Waals surface area contributed by atoms with E-state index in [1.165, 1.54) is 12.1 Å². The molecule has 4 aliphatic carbocycles. The van der Waals surface area contributed by atoms with Crippen molar-refractivity contribution in [2.45, 2.75) is 63.9 Å². The Bertz CT molecular complexity index is 630. The number of Topliss-reactive ketones (excluding diaryl/α,β-unsaturated/α-hetero) is 1. The van der Waals surface area contributed by atoms with Gasteiger partial charge in [0.1, 0.15) is 0 Å². The summed E-state index contributed by atoms with van der Waals surface area (Å²) >= 11 is 0. The molecule has 25 heavy (non-hydrogen) atoms. The maximum atomic E-state index is 15.0. The topological polar surface area (TPSA) is 37.3 Å². The zero-order chi connectivity index (χ0) is 17.8. The SMILES string of the molecule is CCc1ccc(C(O)C(F)(F)C(=O)C23CC4CC(CC(C4)C2)C3)cc1. The number of rotatable bonds is 5. The second-order valence-corrected chi connectivity index (χ2v) is 8.65. The van der Waals surface area contributed by atoms with E-state index in [4.69, 9.17) is 0 Å². The van der Waals surface area contributed by atoms with Crippen molar-refractivity contribution in [1.82, 2.24) is 0 Å². The minimum absolute atomic E-state index is 0.125. The monoisotopic (exact) mass is 348 g/mol. The highest BCUT2D eigenvalue weighted by Gasteiger charge is 2.62. The smallest absolute Gasteiger partial charge is 0.335 e. The Balaban J connectivity index is 1.59. The lowest BCUT2D eigenvalue weighted by Gasteiger charge is -2.56. The minimum Gasteiger partial charge on any atom is -0.382 e. The second kappa shape index (κ2) is 5.87. The van der Waals surface area contributed by atoms with Gasteiger partial charge in [-0.15, -0.1) is 0 Å². The molecule has 0 aromatic heterocycles. The number of carbonyl (C=O) groups is 1. The van der Waals surface area contributed by atoms with Crippen LogP contribution in [0.15, 0.2) is 24.3 Å². The molecule has 0 amide bonds. The summed E-state index contributed by atoms with van der Waals surface area (Å²) in [6, 6.07) is 6.52. The van der Waals surface area contributed by atoms with Crippen molar-refractivity contribution in [1.29, 1.82) is 0 Å². The van der Waals surface area contributed by atoms with Crippen LogP contribution in [0.3, 0.4) is 0 Å². The molecule has 0 heterocycles. The molecule has 5 rings (SSSR count). The Labute approximate surface area is 147 Å². The fourth-order valence-corrected chi connectivity index (χ4v) is 6.01. The molecule has 1 aromatic carbocycles. The van der Waals surface area contributed by atoms with E-state index in [1.807, 2.05) is 6.92 Å². The molecular formula is C21H26F2O2. The van der Waals surface area contributed by atoms with Crippen molar-refractivity contribution in [2.24, 2.45) is 23.2 Å². The predicted molar refractivity (Wildman–Crippen MR) is 91.3 cm³/mol. The molecule has 4 saturated carbocycles. The van der Waals surface area contributed by atoms with Gasteiger partial charge in [-0.25, -0.2) is 0 Å². The van der Waals surface area contributed by atoms with Gasteiger partial charge in [0.2, 0.25) is 5.78 Å². The zero-order valence-electron chi connectivity index (χ0n) is 14.7. The first-order valence-electron chi connectivity index (χ1n) is 9.53. The molecule has 1 aromatic rings. The van der Waals surface area contributed by atoms with Crippen molar-refractivity contribution in [3.8, 4) is 0 Å². The average molecular weight is 348 g/mol. The molecule has 2 nitrogen and oxygen atoms in total. The zero-order valence-corrected chi connectivity index (χ0v) is 14.7. The summed E-state index contributed by atoms with van der Waals surface area (Å²) in [7, 11) is 0. The lowest BCUT2D eigenvalue weighted by molar-refractivity contribution is -0.185. The Hall–Kier alpha value is -1.29. The molecule has 4 heteroatoms. The fourth-order valence-electron chi connectivity index (χ4n) is 6.01. The number of aliphatic hydroxyl groups is 1. The summed E-state index contributed by atoms with van der Waals surface area (Å²) in [5.74, 6) is -3.46. The number of hydrogen-bond acceptors (Lipinski definition) is 2. The highest BCUT2D eigenvalue weighted by Crippen LogP contribution is 2.62. The summed E-state index contributed by atoms with van der Waals surface area (Å²) in [5, 5.41) is 10.3. The Kier molecular flexibility index (Phi) is 4.02. The maximum absolute atomic E-state index is 15.0. The van der Waals surface area contributed by atoms with Crippen molar-refractivity contribution in [3.63, 3.8) is 0 Å². The molecule has 0 radical (unpaired) electrons. The molecule has 4 bridgehead atoms. The molecule has 1 atom stereocenters. The van der Waals surface area contributed by atoms with Crippen LogP contribution in [-0.2, 0) is 11.2 Å². The van der Waals surface area contributed by atoms with Crippen LogP contribution < -0.4 is 0 Å². The number of aliphatic hydroxyl groups excluding tert-OH is 1. The largest absolute Gasteiger partial charge is 0.382 e. The van der Waals surface area contributed by atoms with Crippen LogP contribution in [0.2, 0.25) is 0 Å². The number of ketones is 1. The minimum atomic E-state index is -3.72. The van der Waals surface area contributed by atoms with E-state index in [2.05, 4.69) is 0 Å². The summed E-state index contributed by atoms with van der Waals surface area (Å²) in [6.07, 6.45) is 3.81. The molecule has 0 aliphatic heterocycles. The average Bonchev–Trinajstić information content (AvgIpc) is 2.59. The third-order valence-electron chi connectivity index (χ3n) is 6.87. The number of hydrogen-bond donors (Lipinski definition) is 1. The Morgan fingerprint density at radius 2 is 1.60 bits per heavy atom. The molecule has 4 fully saturated rings. The Morgan fingerprint density at radius 1 is 1.12 bits per heavy atom. The van der Waals surface area contributed by atoms with Gasteiger partial charge in [0.25, 0.3) is 0 Å². The third kappa shape index (κ3) is 2.73. The summed E-state index contributed by atoms with van der Waals surface area (Å²) in [5.41, 5.74) is 0.245. The van der Waals surface area contributed by atoms with Crippen LogP contribution in [0.5, 0.6) is 0 Å². The van der Waals surface area contributed by atoms with E-state index in [9.17, 15) is 18.7 Å². The molecular weight excluding hydrogens is 322 g/mol. The van der Waals surface area contributed by atoms with Gasteiger partial charge in [-0.05, 0) is 73.8 Å². The van der Waals surface area contributed by atoms with E-state index in [-0.39, 0.29) is 5.56 Å². The number of benzene rings is 1. The number of halogens is 2. The van der Waals surface area contributed by atoms with Crippen LogP contribution in [0, 0.1) is 23.2 Å². The van der Waals surface area contributed by atoms with E-state index in [1.54, 1.807) is 12.1 Å². The maximum Gasteiger partial charge on any atom is 0.335 e. The first-order chi connectivity index (χ1) is 11.8. The van der Waals surface area contributed by atoms with Gasteiger partial charge in [-0.2, -0.15) is 8.78 Å². The fraction of sp³-hybridized carbons (Fsp3) is 0.667. The van der Waals surface area contributed by atoms with Crippen LogP contribution in [-0.4, -0.2) is 16.8 Å². The Morgan fingerprint density at radius 3 is 2.04 bits per heavy atom.